The Bertz CT molecular complexity index is 582. The average molecular weight is 196 g/mol. The summed E-state index contributed by atoms with van der Waals surface area (Å²) in [7, 11) is 0. The van der Waals surface area contributed by atoms with Crippen molar-refractivity contribution in [3.63, 3.8) is 0 Å². The fourth-order valence-electron chi connectivity index (χ4n) is 1.65. The Labute approximate surface area is 86.4 Å². The summed E-state index contributed by atoms with van der Waals surface area (Å²) < 4.78 is 5.25. The molecule has 0 saturated heterocycles. The zero-order chi connectivity index (χ0) is 10.1. The Hall–Kier alpha value is -2.16. The molecule has 15 heavy (non-hydrogen) atoms. The summed E-state index contributed by atoms with van der Waals surface area (Å²) in [5, 5.41) is 2.23. The lowest BCUT2D eigenvalue weighted by Gasteiger charge is -2.01. The van der Waals surface area contributed by atoms with Crippen LogP contribution < -0.4 is 0 Å². The summed E-state index contributed by atoms with van der Waals surface area (Å²) in [6, 6.07) is 10.1. The van der Waals surface area contributed by atoms with Crippen LogP contribution in [0.2, 0.25) is 0 Å². The van der Waals surface area contributed by atoms with E-state index < -0.39 is 0 Å². The maximum Gasteiger partial charge on any atom is 0.181 e. The van der Waals surface area contributed by atoms with Crippen LogP contribution in [0.1, 0.15) is 0 Å². The van der Waals surface area contributed by atoms with Gasteiger partial charge in [-0.15, -0.1) is 0 Å². The number of pyridine rings is 1. The highest BCUT2D eigenvalue weighted by Gasteiger charge is 2.06. The Kier molecular flexibility index (Phi) is 1.75. The maximum atomic E-state index is 5.25. The van der Waals surface area contributed by atoms with Gasteiger partial charge in [0.2, 0.25) is 0 Å². The van der Waals surface area contributed by atoms with Gasteiger partial charge in [-0.25, -0.2) is 4.98 Å². The highest BCUT2D eigenvalue weighted by Crippen LogP contribution is 2.25. The SMILES string of the molecule is c1ccc2c(-c3cnco3)nccc2c1. The van der Waals surface area contributed by atoms with Gasteiger partial charge < -0.3 is 4.42 Å². The molecular formula is C12H8N2O. The van der Waals surface area contributed by atoms with E-state index in [9.17, 15) is 0 Å². The molecule has 3 nitrogen and oxygen atoms in total. The highest BCUT2D eigenvalue weighted by molar-refractivity contribution is 5.92. The van der Waals surface area contributed by atoms with Crippen LogP contribution in [0.25, 0.3) is 22.2 Å². The minimum absolute atomic E-state index is 0.701. The summed E-state index contributed by atoms with van der Waals surface area (Å²) in [6.45, 7) is 0. The smallest absolute Gasteiger partial charge is 0.181 e. The standard InChI is InChI=1S/C12H8N2O/c1-2-4-10-9(3-1)5-6-14-12(10)11-7-13-8-15-11/h1-8H. The van der Waals surface area contributed by atoms with Gasteiger partial charge >= 0.3 is 0 Å². The molecule has 0 atom stereocenters. The van der Waals surface area contributed by atoms with E-state index in [1.54, 1.807) is 12.4 Å². The third-order valence-electron chi connectivity index (χ3n) is 2.34. The molecule has 2 aromatic heterocycles. The van der Waals surface area contributed by atoms with Gasteiger partial charge in [0.25, 0.3) is 0 Å². The van der Waals surface area contributed by atoms with Gasteiger partial charge in [-0.05, 0) is 11.5 Å². The van der Waals surface area contributed by atoms with Crippen molar-refractivity contribution < 1.29 is 4.42 Å². The summed E-state index contributed by atoms with van der Waals surface area (Å²) in [4.78, 5) is 8.21. The van der Waals surface area contributed by atoms with E-state index in [0.29, 0.717) is 5.76 Å². The second kappa shape index (κ2) is 3.20. The van der Waals surface area contributed by atoms with Crippen molar-refractivity contribution >= 4 is 10.8 Å². The van der Waals surface area contributed by atoms with Crippen molar-refractivity contribution in [3.8, 4) is 11.5 Å². The van der Waals surface area contributed by atoms with Crippen molar-refractivity contribution in [2.24, 2.45) is 0 Å². The van der Waals surface area contributed by atoms with Gasteiger partial charge in [-0.3, -0.25) is 4.98 Å². The topological polar surface area (TPSA) is 38.9 Å². The number of hydrogen-bond donors (Lipinski definition) is 0. The van der Waals surface area contributed by atoms with Gasteiger partial charge in [0, 0.05) is 11.6 Å². The quantitative estimate of drug-likeness (QED) is 0.600. The summed E-state index contributed by atoms with van der Waals surface area (Å²) >= 11 is 0. The molecule has 0 aliphatic heterocycles. The summed E-state index contributed by atoms with van der Waals surface area (Å²) in [5.74, 6) is 0.701. The number of hydrogen-bond acceptors (Lipinski definition) is 3. The fraction of sp³-hybridized carbons (Fsp3) is 0. The number of nitrogens with zero attached hydrogens (tertiary/aromatic N) is 2. The molecule has 0 bridgehead atoms. The predicted molar refractivity (Wildman–Crippen MR) is 57.2 cm³/mol. The van der Waals surface area contributed by atoms with Gasteiger partial charge in [-0.1, -0.05) is 24.3 Å². The highest BCUT2D eigenvalue weighted by atomic mass is 16.3. The van der Waals surface area contributed by atoms with Crippen LogP contribution in [0.4, 0.5) is 0 Å². The zero-order valence-electron chi connectivity index (χ0n) is 7.92. The van der Waals surface area contributed by atoms with E-state index in [2.05, 4.69) is 16.0 Å². The molecule has 3 aromatic rings. The normalized spacial score (nSPS) is 10.7. The Morgan fingerprint density at radius 1 is 1.07 bits per heavy atom. The number of fused-ring (bicyclic) bond motifs is 1. The predicted octanol–water partition coefficient (Wildman–Crippen LogP) is 2.89. The van der Waals surface area contributed by atoms with Crippen LogP contribution in [-0.4, -0.2) is 9.97 Å². The van der Waals surface area contributed by atoms with E-state index in [1.165, 1.54) is 6.39 Å². The van der Waals surface area contributed by atoms with Gasteiger partial charge in [0.1, 0.15) is 5.69 Å². The molecule has 0 fully saturated rings. The van der Waals surface area contributed by atoms with E-state index >= 15 is 0 Å². The van der Waals surface area contributed by atoms with Crippen LogP contribution in [0.15, 0.2) is 53.5 Å². The van der Waals surface area contributed by atoms with Crippen LogP contribution in [0, 0.1) is 0 Å². The lowest BCUT2D eigenvalue weighted by atomic mass is 10.1. The first-order chi connectivity index (χ1) is 7.45. The third-order valence-corrected chi connectivity index (χ3v) is 2.34. The lowest BCUT2D eigenvalue weighted by molar-refractivity contribution is 0.570. The maximum absolute atomic E-state index is 5.25. The minimum Gasteiger partial charge on any atom is -0.442 e. The Morgan fingerprint density at radius 3 is 2.87 bits per heavy atom. The molecule has 0 aliphatic carbocycles. The molecule has 1 aromatic carbocycles. The monoisotopic (exact) mass is 196 g/mol. The Morgan fingerprint density at radius 2 is 2.00 bits per heavy atom. The van der Waals surface area contributed by atoms with Gasteiger partial charge in [0.05, 0.1) is 6.20 Å². The molecule has 0 amide bonds. The largest absolute Gasteiger partial charge is 0.442 e. The van der Waals surface area contributed by atoms with Crippen molar-refractivity contribution in [2.45, 2.75) is 0 Å². The van der Waals surface area contributed by atoms with Crippen molar-refractivity contribution in [3.05, 3.63) is 49.1 Å². The first-order valence-corrected chi connectivity index (χ1v) is 4.68. The van der Waals surface area contributed by atoms with Crippen molar-refractivity contribution in [1.82, 2.24) is 9.97 Å². The number of benzene rings is 1. The first-order valence-electron chi connectivity index (χ1n) is 4.68. The summed E-state index contributed by atoms with van der Waals surface area (Å²) in [5.41, 5.74) is 0.839. The fourth-order valence-corrected chi connectivity index (χ4v) is 1.65. The second-order valence-corrected chi connectivity index (χ2v) is 3.25. The molecule has 72 valence electrons. The third kappa shape index (κ3) is 1.29. The number of oxazole rings is 1. The molecule has 2 heterocycles. The van der Waals surface area contributed by atoms with Gasteiger partial charge in [0.15, 0.2) is 12.2 Å². The molecule has 0 aliphatic rings. The van der Waals surface area contributed by atoms with Crippen molar-refractivity contribution in [2.75, 3.05) is 0 Å². The first kappa shape index (κ1) is 8.17. The Balaban J connectivity index is 2.36. The van der Waals surface area contributed by atoms with Crippen LogP contribution in [-0.2, 0) is 0 Å². The molecule has 0 N–H and O–H groups in total. The summed E-state index contributed by atoms with van der Waals surface area (Å²) in [6.07, 6.45) is 4.87. The zero-order valence-corrected chi connectivity index (χ0v) is 7.92. The molecular weight excluding hydrogens is 188 g/mol. The van der Waals surface area contributed by atoms with Crippen molar-refractivity contribution in [1.29, 1.82) is 0 Å². The van der Waals surface area contributed by atoms with Gasteiger partial charge in [-0.2, -0.15) is 0 Å². The van der Waals surface area contributed by atoms with E-state index in [4.69, 9.17) is 4.42 Å². The van der Waals surface area contributed by atoms with E-state index in [1.807, 2.05) is 24.3 Å². The minimum atomic E-state index is 0.701. The van der Waals surface area contributed by atoms with Crippen LogP contribution >= 0.6 is 0 Å². The van der Waals surface area contributed by atoms with E-state index in [-0.39, 0.29) is 0 Å². The molecule has 0 spiro atoms. The molecule has 3 rings (SSSR count). The van der Waals surface area contributed by atoms with Crippen LogP contribution in [0.3, 0.4) is 0 Å². The molecule has 3 heteroatoms. The van der Waals surface area contributed by atoms with E-state index in [0.717, 1.165) is 16.5 Å². The molecule has 0 unspecified atom stereocenters. The number of rotatable bonds is 1. The second-order valence-electron chi connectivity index (χ2n) is 3.25. The molecule has 0 radical (unpaired) electrons. The average Bonchev–Trinajstić information content (AvgIpc) is 2.82. The van der Waals surface area contributed by atoms with Crippen LogP contribution in [0.5, 0.6) is 0 Å². The molecule has 0 saturated carbocycles. The lowest BCUT2D eigenvalue weighted by Crippen LogP contribution is -1.83. The number of aromatic nitrogens is 2.